The molecular formula is C13H17NO8S. The van der Waals surface area contributed by atoms with Gasteiger partial charge in [0.25, 0.3) is 0 Å². The highest BCUT2D eigenvalue weighted by Gasteiger charge is 2.55. The van der Waals surface area contributed by atoms with Gasteiger partial charge < -0.3 is 23.7 Å². The molecule has 10 heteroatoms. The maximum absolute atomic E-state index is 11.4. The minimum atomic E-state index is -1.01. The van der Waals surface area contributed by atoms with Crippen LogP contribution in [-0.2, 0) is 38.1 Å². The van der Waals surface area contributed by atoms with Crippen LogP contribution in [0.3, 0.4) is 0 Å². The molecular weight excluding hydrogens is 330 g/mol. The average Bonchev–Trinajstić information content (AvgIpc) is 2.78. The molecule has 0 aromatic heterocycles. The fourth-order valence-corrected chi connectivity index (χ4v) is 3.27. The lowest BCUT2D eigenvalue weighted by Crippen LogP contribution is -2.59. The number of hydrogen-bond donors (Lipinski definition) is 1. The van der Waals surface area contributed by atoms with E-state index in [1.807, 2.05) is 0 Å². The third kappa shape index (κ3) is 4.35. The molecule has 2 saturated heterocycles. The number of hydrogen-bond acceptors (Lipinski definition) is 10. The maximum atomic E-state index is 11.4. The van der Waals surface area contributed by atoms with E-state index in [0.717, 1.165) is 11.8 Å². The van der Waals surface area contributed by atoms with Gasteiger partial charge in [-0.2, -0.15) is 0 Å². The minimum absolute atomic E-state index is 0.0909. The van der Waals surface area contributed by atoms with E-state index in [1.165, 1.54) is 20.8 Å². The molecule has 9 nitrogen and oxygen atoms in total. The summed E-state index contributed by atoms with van der Waals surface area (Å²) in [6.07, 6.45) is -3.60. The largest absolute Gasteiger partial charge is 0.463 e. The summed E-state index contributed by atoms with van der Waals surface area (Å²) in [6, 6.07) is 0. The van der Waals surface area contributed by atoms with Crippen molar-refractivity contribution >= 4 is 34.9 Å². The Labute approximate surface area is 136 Å². The molecule has 23 heavy (non-hydrogen) atoms. The molecule has 0 bridgehead atoms. The Bertz CT molecular complexity index is 524. The van der Waals surface area contributed by atoms with E-state index in [1.54, 1.807) is 0 Å². The van der Waals surface area contributed by atoms with E-state index in [9.17, 15) is 14.4 Å². The van der Waals surface area contributed by atoms with Crippen LogP contribution in [0.2, 0.25) is 0 Å². The van der Waals surface area contributed by atoms with Crippen molar-refractivity contribution in [2.24, 2.45) is 0 Å². The molecule has 0 aromatic carbocycles. The molecule has 0 saturated carbocycles. The number of ether oxygens (including phenoxy) is 5. The van der Waals surface area contributed by atoms with Gasteiger partial charge in [-0.3, -0.25) is 19.8 Å². The van der Waals surface area contributed by atoms with Crippen LogP contribution >= 0.6 is 11.8 Å². The second kappa shape index (κ2) is 7.18. The summed E-state index contributed by atoms with van der Waals surface area (Å²) in [5.41, 5.74) is -0.626. The lowest BCUT2D eigenvalue weighted by Gasteiger charge is -2.40. The van der Waals surface area contributed by atoms with E-state index < -0.39 is 47.8 Å². The summed E-state index contributed by atoms with van der Waals surface area (Å²) in [6.45, 7) is 3.47. The Morgan fingerprint density at radius 1 is 1.09 bits per heavy atom. The number of rotatable bonds is 4. The number of carbonyl (C=O) groups excluding carboxylic acids is 3. The monoisotopic (exact) mass is 347 g/mol. The molecule has 128 valence electrons. The van der Waals surface area contributed by atoms with Gasteiger partial charge in [0.05, 0.1) is 0 Å². The van der Waals surface area contributed by atoms with Crippen LogP contribution in [0.5, 0.6) is 0 Å². The zero-order valence-electron chi connectivity index (χ0n) is 12.8. The topological polar surface area (TPSA) is 121 Å². The van der Waals surface area contributed by atoms with Gasteiger partial charge in [-0.1, -0.05) is 0 Å². The number of thioether (sulfide) groups is 1. The van der Waals surface area contributed by atoms with Gasteiger partial charge in [0.2, 0.25) is 5.23 Å². The Hall–Kier alpha value is -1.81. The standard InChI is InChI=1S/C13H17NO8S/c1-5(15)18-4-8-9(19-6(2)16)10(20-7(3)17)11-12(21-8)23-13(14)22-11/h8-12,14H,4H2,1-3H3/t8-,9-,10+,11-,12-/m1/s1. The van der Waals surface area contributed by atoms with Crippen LogP contribution in [0.4, 0.5) is 0 Å². The second-order valence-corrected chi connectivity index (χ2v) is 6.05. The van der Waals surface area contributed by atoms with Gasteiger partial charge in [-0.15, -0.1) is 0 Å². The summed E-state index contributed by atoms with van der Waals surface area (Å²) in [5.74, 6) is -1.72. The SMILES string of the molecule is CC(=O)OC[C@H]1O[C@@H]2SC(=N)O[C@@H]2[C@@H](OC(C)=O)[C@@H]1OC(C)=O. The van der Waals surface area contributed by atoms with Crippen molar-refractivity contribution < 1.29 is 38.1 Å². The van der Waals surface area contributed by atoms with Crippen molar-refractivity contribution in [3.63, 3.8) is 0 Å². The maximum Gasteiger partial charge on any atom is 0.303 e. The highest BCUT2D eigenvalue weighted by molar-refractivity contribution is 8.14. The summed E-state index contributed by atoms with van der Waals surface area (Å²) >= 11 is 1.01. The van der Waals surface area contributed by atoms with E-state index >= 15 is 0 Å². The van der Waals surface area contributed by atoms with Crippen molar-refractivity contribution in [1.82, 2.24) is 0 Å². The third-order valence-corrected chi connectivity index (χ3v) is 4.03. The van der Waals surface area contributed by atoms with Crippen LogP contribution in [0, 0.1) is 5.41 Å². The first-order chi connectivity index (χ1) is 10.8. The molecule has 1 N–H and O–H groups in total. The fourth-order valence-electron chi connectivity index (χ4n) is 2.35. The van der Waals surface area contributed by atoms with Crippen molar-refractivity contribution in [2.45, 2.75) is 50.6 Å². The molecule has 2 fully saturated rings. The van der Waals surface area contributed by atoms with Gasteiger partial charge in [-0.05, 0) is 11.8 Å². The quantitative estimate of drug-likeness (QED) is 0.561. The van der Waals surface area contributed by atoms with Crippen molar-refractivity contribution in [3.8, 4) is 0 Å². The predicted octanol–water partition coefficient (Wildman–Crippen LogP) is 0.205. The highest BCUT2D eigenvalue weighted by atomic mass is 32.2. The lowest BCUT2D eigenvalue weighted by atomic mass is 9.99. The first kappa shape index (κ1) is 17.5. The summed E-state index contributed by atoms with van der Waals surface area (Å²) in [7, 11) is 0. The van der Waals surface area contributed by atoms with Crippen LogP contribution in [0.1, 0.15) is 20.8 Å². The van der Waals surface area contributed by atoms with E-state index in [2.05, 4.69) is 0 Å². The van der Waals surface area contributed by atoms with E-state index in [-0.39, 0.29) is 11.8 Å². The summed E-state index contributed by atoms with van der Waals surface area (Å²) in [5, 5.41) is 7.50. The van der Waals surface area contributed by atoms with Crippen molar-refractivity contribution in [2.75, 3.05) is 6.61 Å². The lowest BCUT2D eigenvalue weighted by molar-refractivity contribution is -0.226. The van der Waals surface area contributed by atoms with E-state index in [0.29, 0.717) is 0 Å². The number of fused-ring (bicyclic) bond motifs is 1. The van der Waals surface area contributed by atoms with Gasteiger partial charge in [0.1, 0.15) is 12.7 Å². The normalized spacial score (nSPS) is 32.5. The van der Waals surface area contributed by atoms with Crippen molar-refractivity contribution in [1.29, 1.82) is 5.41 Å². The number of carbonyl (C=O) groups is 3. The van der Waals surface area contributed by atoms with Crippen LogP contribution in [0.15, 0.2) is 0 Å². The molecule has 0 spiro atoms. The molecule has 5 atom stereocenters. The predicted molar refractivity (Wildman–Crippen MR) is 76.6 cm³/mol. The average molecular weight is 347 g/mol. The third-order valence-electron chi connectivity index (χ3n) is 3.11. The highest BCUT2D eigenvalue weighted by Crippen LogP contribution is 2.39. The van der Waals surface area contributed by atoms with Crippen LogP contribution < -0.4 is 0 Å². The van der Waals surface area contributed by atoms with Gasteiger partial charge in [0, 0.05) is 20.8 Å². The molecule has 0 aromatic rings. The van der Waals surface area contributed by atoms with Gasteiger partial charge >= 0.3 is 17.9 Å². The molecule has 0 unspecified atom stereocenters. The van der Waals surface area contributed by atoms with Crippen molar-refractivity contribution in [3.05, 3.63) is 0 Å². The molecule has 0 radical (unpaired) electrons. The van der Waals surface area contributed by atoms with Gasteiger partial charge in [-0.25, -0.2) is 0 Å². The molecule has 2 heterocycles. The number of esters is 3. The van der Waals surface area contributed by atoms with Crippen LogP contribution in [0.25, 0.3) is 0 Å². The zero-order chi connectivity index (χ0) is 17.1. The molecule has 2 aliphatic rings. The fraction of sp³-hybridized carbons (Fsp3) is 0.692. The molecule has 0 amide bonds. The number of nitrogens with one attached hydrogen (secondary N) is 1. The molecule has 2 rings (SSSR count). The summed E-state index contributed by atoms with van der Waals surface area (Å²) < 4.78 is 26.4. The molecule has 0 aliphatic carbocycles. The Morgan fingerprint density at radius 3 is 2.26 bits per heavy atom. The smallest absolute Gasteiger partial charge is 0.303 e. The Morgan fingerprint density at radius 2 is 1.70 bits per heavy atom. The van der Waals surface area contributed by atoms with E-state index in [4.69, 9.17) is 29.1 Å². The zero-order valence-corrected chi connectivity index (χ0v) is 13.6. The Balaban J connectivity index is 2.25. The minimum Gasteiger partial charge on any atom is -0.463 e. The second-order valence-electron chi connectivity index (χ2n) is 4.98. The van der Waals surface area contributed by atoms with Crippen LogP contribution in [-0.4, -0.2) is 59.6 Å². The summed E-state index contributed by atoms with van der Waals surface area (Å²) in [4.78, 5) is 33.8. The first-order valence-corrected chi connectivity index (χ1v) is 7.71. The van der Waals surface area contributed by atoms with Gasteiger partial charge in [0.15, 0.2) is 23.7 Å². The first-order valence-electron chi connectivity index (χ1n) is 6.83. The molecule has 2 aliphatic heterocycles. The Kier molecular flexibility index (Phi) is 5.47.